The molecular formula is C18H21FN4OS. The molecular weight excluding hydrogens is 339 g/mol. The third kappa shape index (κ3) is 3.29. The summed E-state index contributed by atoms with van der Waals surface area (Å²) in [7, 11) is 0. The van der Waals surface area contributed by atoms with E-state index in [1.165, 1.54) is 17.8 Å². The third-order valence-electron chi connectivity index (χ3n) is 4.74. The van der Waals surface area contributed by atoms with E-state index in [4.69, 9.17) is 0 Å². The van der Waals surface area contributed by atoms with Crippen molar-refractivity contribution in [1.82, 2.24) is 19.7 Å². The number of carbonyl (C=O) groups excluding carboxylic acids is 1. The van der Waals surface area contributed by atoms with Gasteiger partial charge in [0.25, 0.3) is 0 Å². The van der Waals surface area contributed by atoms with Crippen molar-refractivity contribution in [2.24, 2.45) is 0 Å². The molecule has 1 saturated heterocycles. The molecule has 4 rings (SSSR count). The minimum absolute atomic E-state index is 0.153. The third-order valence-corrected chi connectivity index (χ3v) is 5.78. The Hall–Kier alpha value is -1.89. The number of carbonyl (C=O) groups is 1. The van der Waals surface area contributed by atoms with E-state index in [1.54, 1.807) is 18.2 Å². The molecule has 0 N–H and O–H groups in total. The number of nitrogens with zero attached hydrogens (tertiary/aromatic N) is 4. The molecule has 0 spiro atoms. The minimum atomic E-state index is -0.297. The van der Waals surface area contributed by atoms with Gasteiger partial charge in [0, 0.05) is 19.1 Å². The standard InChI is InChI=1S/C18H21FN4OS/c1-12(17(24)22-10-4-5-11-22)25-18-21-20-16(23(18)13-8-9-13)14-6-2-3-7-15(14)19/h2-3,6-7,12-13H,4-5,8-11H2,1H3/t12-/m0/s1. The van der Waals surface area contributed by atoms with Crippen LogP contribution >= 0.6 is 11.8 Å². The molecule has 0 bridgehead atoms. The number of likely N-dealkylation sites (tertiary alicyclic amines) is 1. The fraction of sp³-hybridized carbons (Fsp3) is 0.500. The van der Waals surface area contributed by atoms with Crippen molar-refractivity contribution in [3.05, 3.63) is 30.1 Å². The van der Waals surface area contributed by atoms with Crippen LogP contribution < -0.4 is 0 Å². The van der Waals surface area contributed by atoms with Gasteiger partial charge in [0.1, 0.15) is 5.82 Å². The van der Waals surface area contributed by atoms with Crippen molar-refractivity contribution < 1.29 is 9.18 Å². The Bertz CT molecular complexity index is 783. The SMILES string of the molecule is C[C@H](Sc1nnc(-c2ccccc2F)n1C1CC1)C(=O)N1CCCC1. The fourth-order valence-corrected chi connectivity index (χ4v) is 4.25. The van der Waals surface area contributed by atoms with Gasteiger partial charge in [-0.2, -0.15) is 0 Å². The van der Waals surface area contributed by atoms with Gasteiger partial charge >= 0.3 is 0 Å². The van der Waals surface area contributed by atoms with E-state index >= 15 is 0 Å². The average molecular weight is 360 g/mol. The lowest BCUT2D eigenvalue weighted by Crippen LogP contribution is -2.34. The van der Waals surface area contributed by atoms with Crippen molar-refractivity contribution in [2.75, 3.05) is 13.1 Å². The van der Waals surface area contributed by atoms with Gasteiger partial charge in [0.15, 0.2) is 11.0 Å². The van der Waals surface area contributed by atoms with Crippen LogP contribution in [0.5, 0.6) is 0 Å². The molecule has 1 amide bonds. The molecule has 7 heteroatoms. The highest BCUT2D eigenvalue weighted by Gasteiger charge is 2.33. The van der Waals surface area contributed by atoms with Gasteiger partial charge in [-0.15, -0.1) is 10.2 Å². The Morgan fingerprint density at radius 2 is 1.96 bits per heavy atom. The predicted octanol–water partition coefficient (Wildman–Crippen LogP) is 3.52. The molecule has 2 heterocycles. The number of rotatable bonds is 5. The van der Waals surface area contributed by atoms with Gasteiger partial charge in [-0.3, -0.25) is 9.36 Å². The van der Waals surface area contributed by atoms with Crippen molar-refractivity contribution in [3.8, 4) is 11.4 Å². The van der Waals surface area contributed by atoms with Crippen LogP contribution in [0.25, 0.3) is 11.4 Å². The molecule has 2 fully saturated rings. The Balaban J connectivity index is 1.60. The topological polar surface area (TPSA) is 51.0 Å². The molecule has 1 aromatic heterocycles. The van der Waals surface area contributed by atoms with Crippen LogP contribution in [0.4, 0.5) is 4.39 Å². The van der Waals surface area contributed by atoms with Gasteiger partial charge in [-0.1, -0.05) is 23.9 Å². The van der Waals surface area contributed by atoms with Crippen molar-refractivity contribution >= 4 is 17.7 Å². The van der Waals surface area contributed by atoms with Crippen LogP contribution in [0.2, 0.25) is 0 Å². The highest BCUT2D eigenvalue weighted by molar-refractivity contribution is 8.00. The first-order valence-corrected chi connectivity index (χ1v) is 9.68. The number of amides is 1. The summed E-state index contributed by atoms with van der Waals surface area (Å²) < 4.78 is 16.2. The van der Waals surface area contributed by atoms with Gasteiger partial charge < -0.3 is 4.90 Å². The zero-order valence-corrected chi connectivity index (χ0v) is 15.0. The van der Waals surface area contributed by atoms with Crippen LogP contribution in [-0.2, 0) is 4.79 Å². The van der Waals surface area contributed by atoms with Gasteiger partial charge in [0.2, 0.25) is 5.91 Å². The molecule has 5 nitrogen and oxygen atoms in total. The van der Waals surface area contributed by atoms with E-state index < -0.39 is 0 Å². The van der Waals surface area contributed by atoms with Crippen molar-refractivity contribution in [2.45, 2.75) is 49.1 Å². The second kappa shape index (κ2) is 6.78. The first-order chi connectivity index (χ1) is 12.1. The zero-order valence-electron chi connectivity index (χ0n) is 14.2. The number of thioether (sulfide) groups is 1. The molecule has 1 atom stereocenters. The second-order valence-electron chi connectivity index (χ2n) is 6.68. The molecule has 1 saturated carbocycles. The smallest absolute Gasteiger partial charge is 0.235 e. The summed E-state index contributed by atoms with van der Waals surface area (Å²) in [6, 6.07) is 6.94. The molecule has 1 aliphatic carbocycles. The fourth-order valence-electron chi connectivity index (χ4n) is 3.25. The van der Waals surface area contributed by atoms with Crippen LogP contribution in [0.1, 0.15) is 38.6 Å². The van der Waals surface area contributed by atoms with Crippen LogP contribution in [0.15, 0.2) is 29.4 Å². The highest BCUT2D eigenvalue weighted by atomic mass is 32.2. The molecule has 0 radical (unpaired) electrons. The van der Waals surface area contributed by atoms with Crippen LogP contribution in [-0.4, -0.2) is 43.9 Å². The van der Waals surface area contributed by atoms with E-state index in [0.29, 0.717) is 22.6 Å². The van der Waals surface area contributed by atoms with E-state index in [9.17, 15) is 9.18 Å². The number of aromatic nitrogens is 3. The van der Waals surface area contributed by atoms with E-state index in [0.717, 1.165) is 38.8 Å². The summed E-state index contributed by atoms with van der Waals surface area (Å²) in [4.78, 5) is 14.5. The molecule has 132 valence electrons. The molecule has 2 aliphatic rings. The zero-order chi connectivity index (χ0) is 17.4. The molecule has 1 aromatic carbocycles. The maximum absolute atomic E-state index is 14.2. The Kier molecular flexibility index (Phi) is 4.50. The maximum atomic E-state index is 14.2. The molecule has 1 aliphatic heterocycles. The first kappa shape index (κ1) is 16.6. The Morgan fingerprint density at radius 1 is 1.24 bits per heavy atom. The molecule has 2 aromatic rings. The average Bonchev–Trinajstić information content (AvgIpc) is 3.14. The summed E-state index contributed by atoms with van der Waals surface area (Å²) in [5, 5.41) is 9.02. The quantitative estimate of drug-likeness (QED) is 0.766. The van der Waals surface area contributed by atoms with Crippen molar-refractivity contribution in [1.29, 1.82) is 0 Å². The van der Waals surface area contributed by atoms with Crippen LogP contribution in [0, 0.1) is 5.82 Å². The second-order valence-corrected chi connectivity index (χ2v) is 7.99. The Morgan fingerprint density at radius 3 is 2.64 bits per heavy atom. The van der Waals surface area contributed by atoms with Gasteiger partial charge in [-0.05, 0) is 44.7 Å². The lowest BCUT2D eigenvalue weighted by Gasteiger charge is -2.20. The number of hydrogen-bond donors (Lipinski definition) is 0. The summed E-state index contributed by atoms with van der Waals surface area (Å²) in [6.45, 7) is 3.61. The number of hydrogen-bond acceptors (Lipinski definition) is 4. The van der Waals surface area contributed by atoms with Gasteiger partial charge in [-0.25, -0.2) is 4.39 Å². The predicted molar refractivity (Wildman–Crippen MR) is 94.8 cm³/mol. The minimum Gasteiger partial charge on any atom is -0.342 e. The Labute approximate surface area is 150 Å². The largest absolute Gasteiger partial charge is 0.342 e. The lowest BCUT2D eigenvalue weighted by molar-refractivity contribution is -0.129. The number of halogens is 1. The van der Waals surface area contributed by atoms with E-state index in [1.807, 2.05) is 16.4 Å². The van der Waals surface area contributed by atoms with Gasteiger partial charge in [0.05, 0.1) is 10.8 Å². The lowest BCUT2D eigenvalue weighted by atomic mass is 10.2. The normalized spacial score (nSPS) is 18.6. The summed E-state index contributed by atoms with van der Waals surface area (Å²) >= 11 is 1.43. The molecule has 25 heavy (non-hydrogen) atoms. The summed E-state index contributed by atoms with van der Waals surface area (Å²) in [5.74, 6) is 0.416. The van der Waals surface area contributed by atoms with Crippen LogP contribution in [0.3, 0.4) is 0 Å². The highest BCUT2D eigenvalue weighted by Crippen LogP contribution is 2.42. The summed E-state index contributed by atoms with van der Waals surface area (Å²) in [5.41, 5.74) is 0.465. The number of benzene rings is 1. The summed E-state index contributed by atoms with van der Waals surface area (Å²) in [6.07, 6.45) is 4.25. The molecule has 0 unspecified atom stereocenters. The monoisotopic (exact) mass is 360 g/mol. The van der Waals surface area contributed by atoms with E-state index in [2.05, 4.69) is 10.2 Å². The first-order valence-electron chi connectivity index (χ1n) is 8.80. The maximum Gasteiger partial charge on any atom is 0.235 e. The van der Waals surface area contributed by atoms with E-state index in [-0.39, 0.29) is 17.0 Å². The van der Waals surface area contributed by atoms with Crippen molar-refractivity contribution in [3.63, 3.8) is 0 Å².